The van der Waals surface area contributed by atoms with Crippen LogP contribution in [0.1, 0.15) is 68.5 Å². The smallest absolute Gasteiger partial charge is 0.0576 e. The van der Waals surface area contributed by atoms with E-state index in [1.165, 1.54) is 19.3 Å². The Balaban J connectivity index is 4.14. The molecule has 0 aromatic rings. The van der Waals surface area contributed by atoms with Crippen LogP contribution in [0, 0.1) is 0 Å². The van der Waals surface area contributed by atoms with Crippen molar-refractivity contribution in [2.45, 2.75) is 65.7 Å². The number of unbranched alkanes of at least 4 members (excludes halogenated alkanes) is 3. The van der Waals surface area contributed by atoms with E-state index in [0.717, 1.165) is 24.8 Å². The van der Waals surface area contributed by atoms with Crippen LogP contribution < -0.4 is 0 Å². The van der Waals surface area contributed by atoms with Gasteiger partial charge in [-0.25, -0.2) is 0 Å². The largest absolute Gasteiger partial charge is 0.0882 e. The maximum atomic E-state index is 7.85. The Morgan fingerprint density at radius 2 is 2.00 bits per heavy atom. The van der Waals surface area contributed by atoms with E-state index < -0.39 is 0 Å². The Labute approximate surface area is 92.9 Å². The van der Waals surface area contributed by atoms with Crippen LogP contribution in [-0.2, 0) is 0 Å². The summed E-state index contributed by atoms with van der Waals surface area (Å²) in [5, 5.41) is 0. The van der Waals surface area contributed by atoms with Crippen LogP contribution in [0.5, 0.6) is 0 Å². The van der Waals surface area contributed by atoms with Crippen molar-refractivity contribution in [3.8, 4) is 0 Å². The highest BCUT2D eigenvalue weighted by Gasteiger charge is 1.89. The molecule has 0 saturated carbocycles. The average Bonchev–Trinajstić information content (AvgIpc) is 2.30. The fourth-order valence-electron chi connectivity index (χ4n) is 1.36. The predicted octanol–water partition coefficient (Wildman–Crippen LogP) is 5.26. The van der Waals surface area contributed by atoms with Gasteiger partial charge in [0.05, 0.1) is 2.74 Å². The first-order valence-electron chi connectivity index (χ1n) is 6.98. The van der Waals surface area contributed by atoms with E-state index in [-0.39, 0.29) is 0 Å². The molecule has 0 aliphatic rings. The minimum absolute atomic E-state index is 0.676. The number of allylic oxidation sites excluding steroid dienone is 4. The van der Waals surface area contributed by atoms with Crippen molar-refractivity contribution in [1.82, 2.24) is 0 Å². The lowest BCUT2D eigenvalue weighted by Gasteiger charge is -1.99. The van der Waals surface area contributed by atoms with Gasteiger partial charge in [0, 0.05) is 0 Å². The Morgan fingerprint density at radius 3 is 2.57 bits per heavy atom. The molecular formula is C14H26. The molecule has 0 rings (SSSR count). The molecule has 0 amide bonds. The second-order valence-corrected chi connectivity index (χ2v) is 3.57. The highest BCUT2D eigenvalue weighted by Crippen LogP contribution is 2.09. The zero-order valence-corrected chi connectivity index (χ0v) is 10.0. The average molecular weight is 196 g/mol. The van der Waals surface area contributed by atoms with Gasteiger partial charge in [-0.15, -0.1) is 0 Å². The van der Waals surface area contributed by atoms with Gasteiger partial charge in [-0.2, -0.15) is 0 Å². The van der Waals surface area contributed by atoms with Gasteiger partial charge in [0.25, 0.3) is 0 Å². The molecule has 0 bridgehead atoms. The van der Waals surface area contributed by atoms with Crippen molar-refractivity contribution >= 4 is 0 Å². The summed E-state index contributed by atoms with van der Waals surface area (Å²) in [6.07, 6.45) is 9.06. The quantitative estimate of drug-likeness (QED) is 0.367. The lowest BCUT2D eigenvalue weighted by atomic mass is 10.1. The van der Waals surface area contributed by atoms with Crippen molar-refractivity contribution in [3.63, 3.8) is 0 Å². The topological polar surface area (TPSA) is 0 Å². The molecule has 0 spiro atoms. The summed E-state index contributed by atoms with van der Waals surface area (Å²) in [4.78, 5) is 0. The zero-order chi connectivity index (χ0) is 12.4. The van der Waals surface area contributed by atoms with E-state index in [4.69, 9.17) is 2.74 Å². The first-order valence-corrected chi connectivity index (χ1v) is 5.98. The normalized spacial score (nSPS) is 16.1. The molecule has 0 fully saturated rings. The highest BCUT2D eigenvalue weighted by atomic mass is 14.0. The first kappa shape index (κ1) is 10.0. The van der Waals surface area contributed by atoms with E-state index in [1.807, 2.05) is 13.0 Å². The molecule has 0 aliphatic carbocycles. The Morgan fingerprint density at radius 1 is 1.21 bits per heavy atom. The van der Waals surface area contributed by atoms with E-state index in [0.29, 0.717) is 18.5 Å². The molecule has 14 heavy (non-hydrogen) atoms. The zero-order valence-electron chi connectivity index (χ0n) is 12.0. The molecule has 0 heteroatoms. The molecule has 0 aromatic carbocycles. The fraction of sp³-hybridized carbons (Fsp3) is 0.714. The van der Waals surface area contributed by atoms with Crippen molar-refractivity contribution in [2.24, 2.45) is 0 Å². The van der Waals surface area contributed by atoms with Crippen molar-refractivity contribution in [1.29, 1.82) is 0 Å². The van der Waals surface area contributed by atoms with Crippen LogP contribution in [0.25, 0.3) is 0 Å². The van der Waals surface area contributed by atoms with E-state index in [9.17, 15) is 0 Å². The highest BCUT2D eigenvalue weighted by molar-refractivity contribution is 5.06. The molecule has 0 saturated heterocycles. The third-order valence-corrected chi connectivity index (χ3v) is 2.27. The summed E-state index contributed by atoms with van der Waals surface area (Å²) in [6.45, 7) is 6.27. The van der Waals surface area contributed by atoms with Crippen molar-refractivity contribution in [2.75, 3.05) is 0 Å². The lowest BCUT2D eigenvalue weighted by molar-refractivity contribution is 0.728. The fourth-order valence-corrected chi connectivity index (χ4v) is 1.36. The Hall–Kier alpha value is -0.520. The van der Waals surface area contributed by atoms with Crippen LogP contribution in [0.15, 0.2) is 23.8 Å². The first-order chi connectivity index (χ1) is 7.65. The minimum Gasteiger partial charge on any atom is -0.0882 e. The number of hydrogen-bond acceptors (Lipinski definition) is 0. The molecule has 0 heterocycles. The molecule has 0 radical (unpaired) electrons. The van der Waals surface area contributed by atoms with Crippen molar-refractivity contribution < 1.29 is 2.74 Å². The summed E-state index contributed by atoms with van der Waals surface area (Å²) in [6, 6.07) is 1.40. The molecule has 0 atom stereocenters. The van der Waals surface area contributed by atoms with Crippen LogP contribution in [0.4, 0.5) is 0 Å². The Bertz CT molecular complexity index is 239. The predicted molar refractivity (Wildman–Crippen MR) is 66.6 cm³/mol. The van der Waals surface area contributed by atoms with E-state index in [1.54, 1.807) is 0 Å². The Kier molecular flexibility index (Phi) is 7.55. The minimum atomic E-state index is 0.676. The third-order valence-electron chi connectivity index (χ3n) is 2.27. The van der Waals surface area contributed by atoms with Gasteiger partial charge >= 0.3 is 0 Å². The van der Waals surface area contributed by atoms with Gasteiger partial charge in [-0.1, -0.05) is 57.4 Å². The van der Waals surface area contributed by atoms with Gasteiger partial charge in [0.1, 0.15) is 0 Å². The molecule has 0 nitrogen and oxygen atoms in total. The molecular weight excluding hydrogens is 168 g/mol. The van der Waals surface area contributed by atoms with Crippen LogP contribution >= 0.6 is 0 Å². The van der Waals surface area contributed by atoms with Gasteiger partial charge in [0.15, 0.2) is 0 Å². The summed E-state index contributed by atoms with van der Waals surface area (Å²) in [5.41, 5.74) is 1.12. The van der Waals surface area contributed by atoms with Gasteiger partial charge in [-0.05, 0) is 32.1 Å². The lowest BCUT2D eigenvalue weighted by Crippen LogP contribution is -1.78. The van der Waals surface area contributed by atoms with Crippen molar-refractivity contribution in [3.05, 3.63) is 23.8 Å². The molecule has 0 aromatic heterocycles. The standard InChI is InChI=1S/C14H26/c1-4-7-8-9-10-11-13-14(6-3)12-5-2/h10-12H,4-9,13H2,1-3H3/i11D,12D. The molecule has 82 valence electrons. The summed E-state index contributed by atoms with van der Waals surface area (Å²) < 4.78 is 15.6. The van der Waals surface area contributed by atoms with Gasteiger partial charge < -0.3 is 0 Å². The molecule has 0 unspecified atom stereocenters. The van der Waals surface area contributed by atoms with Crippen LogP contribution in [0.2, 0.25) is 0 Å². The summed E-state index contributed by atoms with van der Waals surface area (Å²) in [5.74, 6) is 0. The van der Waals surface area contributed by atoms with Gasteiger partial charge in [-0.3, -0.25) is 0 Å². The third kappa shape index (κ3) is 8.10. The summed E-state index contributed by atoms with van der Waals surface area (Å²) in [7, 11) is 0. The maximum absolute atomic E-state index is 7.85. The molecule has 0 aliphatic heterocycles. The monoisotopic (exact) mass is 196 g/mol. The second kappa shape index (κ2) is 10.6. The van der Waals surface area contributed by atoms with Gasteiger partial charge in [0.2, 0.25) is 0 Å². The van der Waals surface area contributed by atoms with E-state index in [2.05, 4.69) is 13.8 Å². The number of hydrogen-bond donors (Lipinski definition) is 0. The van der Waals surface area contributed by atoms with Crippen LogP contribution in [0.3, 0.4) is 0 Å². The summed E-state index contributed by atoms with van der Waals surface area (Å²) >= 11 is 0. The number of rotatable bonds is 8. The van der Waals surface area contributed by atoms with E-state index >= 15 is 0 Å². The maximum Gasteiger partial charge on any atom is 0.0576 e. The SMILES string of the molecule is [2H]C(=CCCCCC)CC(CC)=C([2H])CC. The molecule has 0 N–H and O–H groups in total. The second-order valence-electron chi connectivity index (χ2n) is 3.57. The van der Waals surface area contributed by atoms with Crippen LogP contribution in [-0.4, -0.2) is 0 Å².